The molecule has 0 N–H and O–H groups in total. The first-order chi connectivity index (χ1) is 12.8. The summed E-state index contributed by atoms with van der Waals surface area (Å²) < 4.78 is 5.58. The van der Waals surface area contributed by atoms with Crippen LogP contribution < -0.4 is 0 Å². The molecule has 3 nitrogen and oxygen atoms in total. The number of rotatable bonds is 3. The number of hydrogen-bond donors (Lipinski definition) is 0. The van der Waals surface area contributed by atoms with Gasteiger partial charge >= 0.3 is 5.97 Å². The van der Waals surface area contributed by atoms with Crippen LogP contribution in [0.25, 0.3) is 21.5 Å². The number of hydrogen-bond acceptors (Lipinski definition) is 3. The van der Waals surface area contributed by atoms with Gasteiger partial charge in [0.25, 0.3) is 0 Å². The summed E-state index contributed by atoms with van der Waals surface area (Å²) in [5.41, 5.74) is 1.92. The highest BCUT2D eigenvalue weighted by Gasteiger charge is 2.16. The lowest BCUT2D eigenvalue weighted by Crippen LogP contribution is -2.07. The topological polar surface area (TPSA) is 50.1 Å². The first-order valence-electron chi connectivity index (χ1n) is 8.33. The quantitative estimate of drug-likeness (QED) is 0.380. The number of nitriles is 1. The maximum atomic E-state index is 12.9. The summed E-state index contributed by atoms with van der Waals surface area (Å²) in [5, 5.41) is 12.8. The third-order valence-corrected chi connectivity index (χ3v) is 4.40. The van der Waals surface area contributed by atoms with E-state index in [4.69, 9.17) is 10.00 Å². The van der Waals surface area contributed by atoms with Gasteiger partial charge in [-0.3, -0.25) is 0 Å². The number of carbonyl (C=O) groups is 1. The van der Waals surface area contributed by atoms with E-state index in [0.29, 0.717) is 11.1 Å². The smallest absolute Gasteiger partial charge is 0.339 e. The Morgan fingerprint density at radius 1 is 0.846 bits per heavy atom. The Kier molecular flexibility index (Phi) is 4.09. The molecule has 0 aliphatic heterocycles. The standard InChI is InChI=1S/C23H15NO2/c24-14-16-6-5-7-17(12-16)15-26-23(25)22-20-10-3-1-8-18(20)13-19-9-2-4-11-21(19)22/h1-13H,15H2. The Labute approximate surface area is 151 Å². The number of nitrogens with zero attached hydrogens (tertiary/aromatic N) is 1. The molecule has 4 rings (SSSR count). The van der Waals surface area contributed by atoms with Gasteiger partial charge in [-0.25, -0.2) is 4.79 Å². The summed E-state index contributed by atoms with van der Waals surface area (Å²) in [4.78, 5) is 12.9. The van der Waals surface area contributed by atoms with E-state index in [1.807, 2.05) is 54.6 Å². The van der Waals surface area contributed by atoms with Crippen LogP contribution in [0.4, 0.5) is 0 Å². The third kappa shape index (κ3) is 2.89. The van der Waals surface area contributed by atoms with E-state index in [0.717, 1.165) is 27.1 Å². The van der Waals surface area contributed by atoms with Gasteiger partial charge in [0, 0.05) is 0 Å². The van der Waals surface area contributed by atoms with E-state index >= 15 is 0 Å². The zero-order valence-corrected chi connectivity index (χ0v) is 14.0. The van der Waals surface area contributed by atoms with Gasteiger partial charge in [0.2, 0.25) is 0 Å². The average molecular weight is 337 g/mol. The Morgan fingerprint density at radius 2 is 1.50 bits per heavy atom. The zero-order valence-electron chi connectivity index (χ0n) is 14.0. The van der Waals surface area contributed by atoms with Gasteiger partial charge in [-0.05, 0) is 45.3 Å². The SMILES string of the molecule is N#Cc1cccc(COC(=O)c2c3ccccc3cc3ccccc23)c1. The first-order valence-corrected chi connectivity index (χ1v) is 8.33. The van der Waals surface area contributed by atoms with E-state index in [2.05, 4.69) is 12.1 Å². The van der Waals surface area contributed by atoms with Crippen LogP contribution in [0, 0.1) is 11.3 Å². The number of carbonyl (C=O) groups excluding carboxylic acids is 1. The first kappa shape index (κ1) is 15.9. The minimum absolute atomic E-state index is 0.131. The van der Waals surface area contributed by atoms with Crippen molar-refractivity contribution in [1.29, 1.82) is 5.26 Å². The summed E-state index contributed by atoms with van der Waals surface area (Å²) in [5.74, 6) is -0.361. The second-order valence-corrected chi connectivity index (χ2v) is 6.08. The molecule has 0 unspecified atom stereocenters. The van der Waals surface area contributed by atoms with Crippen LogP contribution in [0.3, 0.4) is 0 Å². The number of fused-ring (bicyclic) bond motifs is 2. The fourth-order valence-corrected chi connectivity index (χ4v) is 3.19. The molecule has 26 heavy (non-hydrogen) atoms. The van der Waals surface area contributed by atoms with Crippen molar-refractivity contribution in [1.82, 2.24) is 0 Å². The molecule has 0 aliphatic rings. The summed E-state index contributed by atoms with van der Waals surface area (Å²) in [6.45, 7) is 0.131. The third-order valence-electron chi connectivity index (χ3n) is 4.40. The van der Waals surface area contributed by atoms with E-state index in [1.165, 1.54) is 0 Å². The summed E-state index contributed by atoms with van der Waals surface area (Å²) in [6.07, 6.45) is 0. The van der Waals surface area contributed by atoms with Crippen LogP contribution in [-0.2, 0) is 11.3 Å². The number of benzene rings is 4. The largest absolute Gasteiger partial charge is 0.457 e. The van der Waals surface area contributed by atoms with Gasteiger partial charge in [0.05, 0.1) is 17.2 Å². The van der Waals surface area contributed by atoms with E-state index < -0.39 is 0 Å². The van der Waals surface area contributed by atoms with Crippen molar-refractivity contribution < 1.29 is 9.53 Å². The van der Waals surface area contributed by atoms with Crippen molar-refractivity contribution in [2.45, 2.75) is 6.61 Å². The Hall–Kier alpha value is -3.64. The molecule has 4 aromatic carbocycles. The van der Waals surface area contributed by atoms with Crippen LogP contribution in [0.1, 0.15) is 21.5 Å². The van der Waals surface area contributed by atoms with Gasteiger partial charge < -0.3 is 4.74 Å². The van der Waals surface area contributed by atoms with Crippen molar-refractivity contribution in [2.24, 2.45) is 0 Å². The van der Waals surface area contributed by atoms with Crippen molar-refractivity contribution in [3.05, 3.63) is 95.6 Å². The molecule has 0 saturated carbocycles. The van der Waals surface area contributed by atoms with E-state index in [-0.39, 0.29) is 12.6 Å². The van der Waals surface area contributed by atoms with Gasteiger partial charge in [-0.1, -0.05) is 60.7 Å². The highest BCUT2D eigenvalue weighted by molar-refractivity contribution is 6.16. The molecule has 0 amide bonds. The molecular formula is C23H15NO2. The van der Waals surface area contributed by atoms with Crippen molar-refractivity contribution in [2.75, 3.05) is 0 Å². The maximum Gasteiger partial charge on any atom is 0.339 e. The molecule has 0 fully saturated rings. The predicted molar refractivity (Wildman–Crippen MR) is 102 cm³/mol. The predicted octanol–water partition coefficient (Wildman–Crippen LogP) is 5.22. The van der Waals surface area contributed by atoms with Crippen LogP contribution in [0.15, 0.2) is 78.9 Å². The van der Waals surface area contributed by atoms with Crippen LogP contribution in [0.5, 0.6) is 0 Å². The molecule has 0 bridgehead atoms. The molecule has 0 spiro atoms. The average Bonchev–Trinajstić information content (AvgIpc) is 2.70. The lowest BCUT2D eigenvalue weighted by molar-refractivity contribution is 0.0477. The maximum absolute atomic E-state index is 12.9. The molecule has 0 saturated heterocycles. The van der Waals surface area contributed by atoms with Gasteiger partial charge in [0.1, 0.15) is 6.61 Å². The van der Waals surface area contributed by atoms with Crippen LogP contribution >= 0.6 is 0 Å². The molecule has 0 radical (unpaired) electrons. The van der Waals surface area contributed by atoms with Crippen molar-refractivity contribution in [3.63, 3.8) is 0 Å². The molecule has 124 valence electrons. The lowest BCUT2D eigenvalue weighted by atomic mass is 9.97. The second-order valence-electron chi connectivity index (χ2n) is 6.08. The van der Waals surface area contributed by atoms with Crippen LogP contribution in [0.2, 0.25) is 0 Å². The normalized spacial score (nSPS) is 10.6. The minimum Gasteiger partial charge on any atom is -0.457 e. The fourth-order valence-electron chi connectivity index (χ4n) is 3.19. The molecule has 4 aromatic rings. The Bertz CT molecular complexity index is 1120. The lowest BCUT2D eigenvalue weighted by Gasteiger charge is -2.11. The van der Waals surface area contributed by atoms with Gasteiger partial charge in [-0.2, -0.15) is 5.26 Å². The highest BCUT2D eigenvalue weighted by atomic mass is 16.5. The minimum atomic E-state index is -0.361. The van der Waals surface area contributed by atoms with Crippen molar-refractivity contribution >= 4 is 27.5 Å². The number of ether oxygens (including phenoxy) is 1. The second kappa shape index (κ2) is 6.70. The molecule has 0 aliphatic carbocycles. The highest BCUT2D eigenvalue weighted by Crippen LogP contribution is 2.29. The van der Waals surface area contributed by atoms with Gasteiger partial charge in [-0.15, -0.1) is 0 Å². The molecular weight excluding hydrogens is 322 g/mol. The van der Waals surface area contributed by atoms with E-state index in [1.54, 1.807) is 18.2 Å². The number of esters is 1. The molecule has 0 atom stereocenters. The van der Waals surface area contributed by atoms with Crippen molar-refractivity contribution in [3.8, 4) is 6.07 Å². The Morgan fingerprint density at radius 3 is 2.15 bits per heavy atom. The molecule has 0 aromatic heterocycles. The zero-order chi connectivity index (χ0) is 17.9. The monoisotopic (exact) mass is 337 g/mol. The molecule has 0 heterocycles. The van der Waals surface area contributed by atoms with E-state index in [9.17, 15) is 4.79 Å². The van der Waals surface area contributed by atoms with Gasteiger partial charge in [0.15, 0.2) is 0 Å². The Balaban J connectivity index is 1.74. The van der Waals surface area contributed by atoms with Crippen LogP contribution in [-0.4, -0.2) is 5.97 Å². The summed E-state index contributed by atoms with van der Waals surface area (Å²) in [7, 11) is 0. The molecule has 3 heteroatoms. The fraction of sp³-hybridized carbons (Fsp3) is 0.0435. The summed E-state index contributed by atoms with van der Waals surface area (Å²) >= 11 is 0. The summed E-state index contributed by atoms with van der Waals surface area (Å²) in [6, 6.07) is 26.9.